The van der Waals surface area contributed by atoms with Crippen molar-refractivity contribution in [3.63, 3.8) is 0 Å². The second kappa shape index (κ2) is 12.0. The number of amides is 2. The molecule has 0 saturated carbocycles. The Hall–Kier alpha value is -3.17. The number of carbonyl (C=O) groups excluding carboxylic acids is 2. The minimum absolute atomic E-state index is 0.0188. The Bertz CT molecular complexity index is 1150. The molecular weight excluding hydrogens is 488 g/mol. The number of nitrogens with zero attached hydrogens (tertiary/aromatic N) is 3. The summed E-state index contributed by atoms with van der Waals surface area (Å²) >= 11 is 7.55. The predicted octanol–water partition coefficient (Wildman–Crippen LogP) is 5.89. The van der Waals surface area contributed by atoms with Crippen LogP contribution < -0.4 is 10.1 Å². The van der Waals surface area contributed by atoms with Gasteiger partial charge in [0.15, 0.2) is 5.13 Å². The lowest BCUT2D eigenvalue weighted by Gasteiger charge is -2.31. The first-order valence-electron chi connectivity index (χ1n) is 11.6. The highest BCUT2D eigenvalue weighted by Crippen LogP contribution is 2.30. The zero-order valence-corrected chi connectivity index (χ0v) is 21.0. The van der Waals surface area contributed by atoms with E-state index in [1.54, 1.807) is 23.1 Å². The molecule has 0 unspecified atom stereocenters. The van der Waals surface area contributed by atoms with Crippen molar-refractivity contribution in [3.05, 3.63) is 58.7 Å². The van der Waals surface area contributed by atoms with Crippen molar-refractivity contribution >= 4 is 40.1 Å². The number of ether oxygens (including phenoxy) is 2. The van der Waals surface area contributed by atoms with Gasteiger partial charge in [-0.25, -0.2) is 14.8 Å². The molecule has 1 aliphatic rings. The van der Waals surface area contributed by atoms with Gasteiger partial charge in [-0.05, 0) is 24.6 Å². The lowest BCUT2D eigenvalue weighted by molar-refractivity contribution is 0.0669. The molecule has 2 aromatic heterocycles. The van der Waals surface area contributed by atoms with Crippen molar-refractivity contribution in [1.29, 1.82) is 0 Å². The zero-order chi connectivity index (χ0) is 24.6. The van der Waals surface area contributed by atoms with Crippen molar-refractivity contribution in [2.75, 3.05) is 25.0 Å². The maximum atomic E-state index is 12.6. The van der Waals surface area contributed by atoms with Gasteiger partial charge in [0.2, 0.25) is 0 Å². The maximum absolute atomic E-state index is 12.6. The van der Waals surface area contributed by atoms with Gasteiger partial charge >= 0.3 is 6.09 Å². The summed E-state index contributed by atoms with van der Waals surface area (Å²) in [4.78, 5) is 35.1. The highest BCUT2D eigenvalue weighted by atomic mass is 35.5. The highest BCUT2D eigenvalue weighted by molar-refractivity contribution is 7.14. The molecule has 184 valence electrons. The predicted molar refractivity (Wildman–Crippen MR) is 136 cm³/mol. The Morgan fingerprint density at radius 3 is 2.71 bits per heavy atom. The Morgan fingerprint density at radius 2 is 2.00 bits per heavy atom. The normalized spacial score (nSPS) is 13.9. The monoisotopic (exact) mass is 514 g/mol. The first-order chi connectivity index (χ1) is 17.0. The van der Waals surface area contributed by atoms with Gasteiger partial charge in [-0.15, -0.1) is 11.3 Å². The van der Waals surface area contributed by atoms with E-state index >= 15 is 0 Å². The van der Waals surface area contributed by atoms with Crippen LogP contribution >= 0.6 is 22.9 Å². The van der Waals surface area contributed by atoms with Crippen molar-refractivity contribution in [1.82, 2.24) is 14.9 Å². The summed E-state index contributed by atoms with van der Waals surface area (Å²) in [5.41, 5.74) is 1.77. The molecule has 2 amide bonds. The quantitative estimate of drug-likeness (QED) is 0.377. The molecule has 0 radical (unpaired) electrons. The van der Waals surface area contributed by atoms with Crippen LogP contribution in [0.2, 0.25) is 5.02 Å². The molecule has 0 bridgehead atoms. The molecule has 35 heavy (non-hydrogen) atoms. The number of carbonyl (C=O) groups is 2. The number of thiazole rings is 1. The van der Waals surface area contributed by atoms with Crippen LogP contribution in [0.4, 0.5) is 9.93 Å². The largest absolute Gasteiger partial charge is 0.489 e. The van der Waals surface area contributed by atoms with Gasteiger partial charge in [-0.2, -0.15) is 0 Å². The molecule has 4 rings (SSSR count). The van der Waals surface area contributed by atoms with Crippen molar-refractivity contribution in [3.8, 4) is 17.0 Å². The first-order valence-corrected chi connectivity index (χ1v) is 12.9. The second-order valence-electron chi connectivity index (χ2n) is 8.12. The minimum Gasteiger partial charge on any atom is -0.489 e. The number of halogens is 1. The van der Waals surface area contributed by atoms with Gasteiger partial charge in [0, 0.05) is 41.9 Å². The molecule has 10 heteroatoms. The van der Waals surface area contributed by atoms with Crippen LogP contribution in [0.1, 0.15) is 43.1 Å². The Kier molecular flexibility index (Phi) is 8.54. The summed E-state index contributed by atoms with van der Waals surface area (Å²) in [5, 5.41) is 5.69. The number of nitrogens with one attached hydrogen (secondary N) is 1. The number of aromatic nitrogens is 2. The number of pyridine rings is 1. The summed E-state index contributed by atoms with van der Waals surface area (Å²) in [6, 6.07) is 10.8. The van der Waals surface area contributed by atoms with Crippen molar-refractivity contribution in [2.45, 2.75) is 38.7 Å². The van der Waals surface area contributed by atoms with Crippen LogP contribution in [-0.2, 0) is 4.74 Å². The standard InChI is InChI=1S/C25H27ClN4O4S/c1-2-3-14-33-25(32)30-12-10-17(11-13-30)34-18-8-9-21(27-15-18)23(31)29-24-28-22(16-35-24)19-6-4-5-7-20(19)26/h4-9,15-17H,2-3,10-14H2,1H3,(H,28,29,31). The van der Waals surface area contributed by atoms with E-state index in [1.165, 1.54) is 17.5 Å². The average Bonchev–Trinajstić information content (AvgIpc) is 3.33. The second-order valence-corrected chi connectivity index (χ2v) is 9.39. The molecule has 3 heterocycles. The topological polar surface area (TPSA) is 93.6 Å². The number of benzene rings is 1. The molecule has 3 aromatic rings. The summed E-state index contributed by atoms with van der Waals surface area (Å²) in [5.74, 6) is 0.229. The molecular formula is C25H27ClN4O4S. The van der Waals surface area contributed by atoms with E-state index in [0.29, 0.717) is 54.1 Å². The van der Waals surface area contributed by atoms with Crippen LogP contribution in [0, 0.1) is 0 Å². The Morgan fingerprint density at radius 1 is 1.20 bits per heavy atom. The van der Waals surface area contributed by atoms with Gasteiger partial charge in [0.25, 0.3) is 5.91 Å². The summed E-state index contributed by atoms with van der Waals surface area (Å²) < 4.78 is 11.3. The minimum atomic E-state index is -0.355. The number of anilines is 1. The molecule has 0 aliphatic carbocycles. The Balaban J connectivity index is 1.26. The molecule has 1 fully saturated rings. The number of unbranched alkanes of at least 4 members (excludes halogenated alkanes) is 1. The fourth-order valence-electron chi connectivity index (χ4n) is 3.61. The highest BCUT2D eigenvalue weighted by Gasteiger charge is 2.25. The number of hydrogen-bond acceptors (Lipinski definition) is 7. The summed E-state index contributed by atoms with van der Waals surface area (Å²) in [6.07, 6.45) is 4.55. The third kappa shape index (κ3) is 6.70. The summed E-state index contributed by atoms with van der Waals surface area (Å²) in [7, 11) is 0. The van der Waals surface area contributed by atoms with Crippen LogP contribution in [-0.4, -0.2) is 52.7 Å². The SMILES string of the molecule is CCCCOC(=O)N1CCC(Oc2ccc(C(=O)Nc3nc(-c4ccccc4Cl)cs3)nc2)CC1. The number of hydrogen-bond donors (Lipinski definition) is 1. The van der Waals surface area contributed by atoms with E-state index in [0.717, 1.165) is 18.4 Å². The zero-order valence-electron chi connectivity index (χ0n) is 19.4. The van der Waals surface area contributed by atoms with Gasteiger partial charge in [0.1, 0.15) is 17.5 Å². The average molecular weight is 515 g/mol. The van der Waals surface area contributed by atoms with Crippen molar-refractivity contribution in [2.24, 2.45) is 0 Å². The van der Waals surface area contributed by atoms with Crippen LogP contribution in [0.3, 0.4) is 0 Å². The van der Waals surface area contributed by atoms with Crippen LogP contribution in [0.15, 0.2) is 48.0 Å². The van der Waals surface area contributed by atoms with E-state index in [9.17, 15) is 9.59 Å². The number of piperidine rings is 1. The Labute approximate surface area is 213 Å². The van der Waals surface area contributed by atoms with E-state index in [4.69, 9.17) is 21.1 Å². The first kappa shape index (κ1) is 24.9. The number of likely N-dealkylation sites (tertiary alicyclic amines) is 1. The molecule has 1 saturated heterocycles. The number of rotatable bonds is 8. The van der Waals surface area contributed by atoms with Crippen molar-refractivity contribution < 1.29 is 19.1 Å². The van der Waals surface area contributed by atoms with Crippen LogP contribution in [0.25, 0.3) is 11.3 Å². The van der Waals surface area contributed by atoms with Gasteiger partial charge < -0.3 is 14.4 Å². The third-order valence-corrected chi connectivity index (χ3v) is 6.66. The smallest absolute Gasteiger partial charge is 0.409 e. The summed E-state index contributed by atoms with van der Waals surface area (Å²) in [6.45, 7) is 3.70. The maximum Gasteiger partial charge on any atom is 0.409 e. The van der Waals surface area contributed by atoms with E-state index in [-0.39, 0.29) is 23.8 Å². The van der Waals surface area contributed by atoms with Gasteiger partial charge in [-0.1, -0.05) is 43.1 Å². The van der Waals surface area contributed by atoms with E-state index in [2.05, 4.69) is 22.2 Å². The van der Waals surface area contributed by atoms with E-state index in [1.807, 2.05) is 23.6 Å². The van der Waals surface area contributed by atoms with Gasteiger partial charge in [0.05, 0.1) is 18.5 Å². The van der Waals surface area contributed by atoms with E-state index < -0.39 is 0 Å². The third-order valence-electron chi connectivity index (χ3n) is 5.57. The lowest BCUT2D eigenvalue weighted by Crippen LogP contribution is -2.42. The molecule has 0 atom stereocenters. The fourth-order valence-corrected chi connectivity index (χ4v) is 4.55. The molecule has 0 spiro atoms. The molecule has 1 N–H and O–H groups in total. The van der Waals surface area contributed by atoms with Crippen LogP contribution in [0.5, 0.6) is 5.75 Å². The fraction of sp³-hybridized carbons (Fsp3) is 0.360. The lowest BCUT2D eigenvalue weighted by atomic mass is 10.1. The van der Waals surface area contributed by atoms with Gasteiger partial charge in [-0.3, -0.25) is 10.1 Å². The molecule has 1 aliphatic heterocycles. The molecule has 8 nitrogen and oxygen atoms in total. The molecule has 1 aromatic carbocycles.